The summed E-state index contributed by atoms with van der Waals surface area (Å²) >= 11 is 0. The Kier molecular flexibility index (Phi) is 5.01. The van der Waals surface area contributed by atoms with Gasteiger partial charge in [-0.05, 0) is 40.8 Å². The van der Waals surface area contributed by atoms with Crippen molar-refractivity contribution < 1.29 is 4.42 Å². The van der Waals surface area contributed by atoms with Crippen LogP contribution in [-0.4, -0.2) is 31.2 Å². The molecule has 1 fully saturated rings. The van der Waals surface area contributed by atoms with Crippen molar-refractivity contribution in [2.45, 2.75) is 19.8 Å². The van der Waals surface area contributed by atoms with E-state index in [4.69, 9.17) is 9.40 Å². The number of nitrogens with one attached hydrogen (secondary N) is 1. The number of anilines is 1. The maximum atomic E-state index is 5.88. The highest BCUT2D eigenvalue weighted by Gasteiger charge is 2.13. The largest absolute Gasteiger partial charge is 0.462 e. The van der Waals surface area contributed by atoms with Gasteiger partial charge >= 0.3 is 0 Å². The van der Waals surface area contributed by atoms with E-state index in [-0.39, 0.29) is 0 Å². The minimum absolute atomic E-state index is 0.527. The zero-order chi connectivity index (χ0) is 20.5. The molecule has 30 heavy (non-hydrogen) atoms. The van der Waals surface area contributed by atoms with E-state index in [9.17, 15) is 0 Å². The molecule has 0 aliphatic carbocycles. The Morgan fingerprint density at radius 2 is 1.60 bits per heavy atom. The number of hydrogen-bond donors (Lipinski definition) is 1. The number of hydrogen-bond acceptors (Lipinski definition) is 4. The number of pyridine rings is 1. The van der Waals surface area contributed by atoms with Crippen LogP contribution in [-0.2, 0) is 0 Å². The van der Waals surface area contributed by atoms with Crippen molar-refractivity contribution in [3.05, 3.63) is 72.6 Å². The second-order valence-corrected chi connectivity index (χ2v) is 8.28. The Morgan fingerprint density at radius 1 is 0.900 bits per heavy atom. The van der Waals surface area contributed by atoms with Crippen molar-refractivity contribution >= 4 is 16.8 Å². The van der Waals surface area contributed by atoms with Gasteiger partial charge in [0.25, 0.3) is 0 Å². The number of benzene rings is 2. The fourth-order valence-electron chi connectivity index (χ4n) is 4.11. The third kappa shape index (κ3) is 3.59. The van der Waals surface area contributed by atoms with E-state index in [1.54, 1.807) is 0 Å². The molecule has 0 spiro atoms. The Bertz CT molecular complexity index is 1140. The molecule has 1 aliphatic heterocycles. The van der Waals surface area contributed by atoms with Gasteiger partial charge in [0.05, 0.1) is 0 Å². The summed E-state index contributed by atoms with van der Waals surface area (Å²) < 4.78 is 5.88. The highest BCUT2D eigenvalue weighted by Crippen LogP contribution is 2.33. The first-order valence-electron chi connectivity index (χ1n) is 10.7. The normalized spacial score (nSPS) is 14.6. The predicted molar refractivity (Wildman–Crippen MR) is 124 cm³/mol. The molecule has 152 valence electrons. The topological polar surface area (TPSA) is 41.3 Å². The van der Waals surface area contributed by atoms with E-state index in [1.165, 1.54) is 11.3 Å². The summed E-state index contributed by atoms with van der Waals surface area (Å²) in [6.45, 7) is 8.62. The molecule has 1 saturated heterocycles. The third-order valence-electron chi connectivity index (χ3n) is 5.98. The van der Waals surface area contributed by atoms with Crippen molar-refractivity contribution in [1.82, 2.24) is 10.3 Å². The van der Waals surface area contributed by atoms with E-state index in [0.717, 1.165) is 59.5 Å². The van der Waals surface area contributed by atoms with Gasteiger partial charge in [-0.25, -0.2) is 0 Å². The molecule has 1 aliphatic rings. The van der Waals surface area contributed by atoms with Crippen LogP contribution in [0.2, 0.25) is 0 Å². The third-order valence-corrected chi connectivity index (χ3v) is 5.98. The molecular formula is C26H27N3O. The van der Waals surface area contributed by atoms with Crippen LogP contribution in [0.15, 0.2) is 71.5 Å². The molecule has 5 rings (SSSR count). The zero-order valence-corrected chi connectivity index (χ0v) is 17.6. The zero-order valence-electron chi connectivity index (χ0n) is 17.6. The van der Waals surface area contributed by atoms with Crippen molar-refractivity contribution in [3.63, 3.8) is 0 Å². The molecule has 2 aromatic heterocycles. The number of piperazine rings is 1. The molecule has 1 N–H and O–H groups in total. The maximum absolute atomic E-state index is 5.88. The first-order chi connectivity index (χ1) is 14.7. The van der Waals surface area contributed by atoms with Crippen LogP contribution in [0.4, 0.5) is 5.69 Å². The Balaban J connectivity index is 1.42. The van der Waals surface area contributed by atoms with Crippen LogP contribution >= 0.6 is 0 Å². The molecule has 4 heteroatoms. The lowest BCUT2D eigenvalue weighted by Crippen LogP contribution is -2.43. The number of nitrogens with zero attached hydrogens (tertiary/aromatic N) is 2. The van der Waals surface area contributed by atoms with E-state index in [0.29, 0.717) is 5.92 Å². The number of furan rings is 1. The van der Waals surface area contributed by atoms with E-state index < -0.39 is 0 Å². The Morgan fingerprint density at radius 3 is 2.30 bits per heavy atom. The number of fused-ring (bicyclic) bond motifs is 1. The molecule has 0 amide bonds. The highest BCUT2D eigenvalue weighted by molar-refractivity contribution is 5.92. The predicted octanol–water partition coefficient (Wildman–Crippen LogP) is 5.69. The summed E-state index contributed by atoms with van der Waals surface area (Å²) in [7, 11) is 0. The first-order valence-corrected chi connectivity index (χ1v) is 10.7. The van der Waals surface area contributed by atoms with Crippen molar-refractivity contribution in [2.75, 3.05) is 31.1 Å². The van der Waals surface area contributed by atoms with Crippen LogP contribution in [0.5, 0.6) is 0 Å². The fourth-order valence-corrected chi connectivity index (χ4v) is 4.11. The van der Waals surface area contributed by atoms with Crippen molar-refractivity contribution in [1.29, 1.82) is 0 Å². The lowest BCUT2D eigenvalue weighted by molar-refractivity contribution is 0.589. The monoisotopic (exact) mass is 397 g/mol. The standard InChI is InChI=1S/C26H27N3O/c1-18(2)19-3-5-21(6-4-19)24-17-30-25-15-22(16-28-26(24)25)20-7-9-23(10-8-20)29-13-11-27-12-14-29/h3-10,15-18,27H,11-14H2,1-2H3. The average molecular weight is 398 g/mol. The molecule has 0 atom stereocenters. The first kappa shape index (κ1) is 18.9. The fraction of sp³-hybridized carbons (Fsp3) is 0.269. The Labute approximate surface area is 177 Å². The van der Waals surface area contributed by atoms with Gasteiger partial charge in [-0.3, -0.25) is 4.98 Å². The van der Waals surface area contributed by atoms with Gasteiger partial charge in [0.1, 0.15) is 11.8 Å². The summed E-state index contributed by atoms with van der Waals surface area (Å²) in [5.41, 5.74) is 8.76. The van der Waals surface area contributed by atoms with Crippen LogP contribution < -0.4 is 10.2 Å². The quantitative estimate of drug-likeness (QED) is 0.480. The summed E-state index contributed by atoms with van der Waals surface area (Å²) in [5.74, 6) is 0.527. The maximum Gasteiger partial charge on any atom is 0.153 e. The second kappa shape index (κ2) is 7.96. The SMILES string of the molecule is CC(C)c1ccc(-c2coc3cc(-c4ccc(N5CCNCC5)cc4)cnc23)cc1. The van der Waals surface area contributed by atoms with Crippen LogP contribution in [0.3, 0.4) is 0 Å². The summed E-state index contributed by atoms with van der Waals surface area (Å²) in [6.07, 6.45) is 3.77. The smallest absolute Gasteiger partial charge is 0.153 e. The highest BCUT2D eigenvalue weighted by atomic mass is 16.3. The lowest BCUT2D eigenvalue weighted by atomic mass is 9.99. The van der Waals surface area contributed by atoms with Crippen molar-refractivity contribution in [3.8, 4) is 22.3 Å². The van der Waals surface area contributed by atoms with Crippen molar-refractivity contribution in [2.24, 2.45) is 0 Å². The average Bonchev–Trinajstić information content (AvgIpc) is 3.23. The molecule has 4 aromatic rings. The minimum atomic E-state index is 0.527. The van der Waals surface area contributed by atoms with E-state index >= 15 is 0 Å². The summed E-state index contributed by atoms with van der Waals surface area (Å²) in [4.78, 5) is 7.17. The molecule has 0 bridgehead atoms. The Hall–Kier alpha value is -3.11. The molecule has 0 saturated carbocycles. The van der Waals surface area contributed by atoms with Gasteiger partial charge in [0.15, 0.2) is 5.58 Å². The minimum Gasteiger partial charge on any atom is -0.462 e. The van der Waals surface area contributed by atoms with Gasteiger partial charge in [-0.1, -0.05) is 50.2 Å². The molecule has 0 radical (unpaired) electrons. The van der Waals surface area contributed by atoms with E-state index in [1.807, 2.05) is 12.5 Å². The van der Waals surface area contributed by atoms with Gasteiger partial charge in [0.2, 0.25) is 0 Å². The number of rotatable bonds is 4. The summed E-state index contributed by atoms with van der Waals surface area (Å²) in [6, 6.07) is 19.5. The molecule has 4 nitrogen and oxygen atoms in total. The van der Waals surface area contributed by atoms with Crippen LogP contribution in [0.1, 0.15) is 25.3 Å². The van der Waals surface area contributed by atoms with Gasteiger partial charge in [-0.15, -0.1) is 0 Å². The summed E-state index contributed by atoms with van der Waals surface area (Å²) in [5, 5.41) is 3.40. The number of aromatic nitrogens is 1. The van der Waals surface area contributed by atoms with Crippen LogP contribution in [0.25, 0.3) is 33.4 Å². The van der Waals surface area contributed by atoms with E-state index in [2.05, 4.69) is 78.7 Å². The van der Waals surface area contributed by atoms with Gasteiger partial charge < -0.3 is 14.6 Å². The van der Waals surface area contributed by atoms with Gasteiger partial charge in [0, 0.05) is 49.2 Å². The lowest BCUT2D eigenvalue weighted by Gasteiger charge is -2.29. The molecule has 0 unspecified atom stereocenters. The van der Waals surface area contributed by atoms with Crippen LogP contribution in [0, 0.1) is 0 Å². The molecule has 2 aromatic carbocycles. The van der Waals surface area contributed by atoms with Gasteiger partial charge in [-0.2, -0.15) is 0 Å². The molecule has 3 heterocycles. The second-order valence-electron chi connectivity index (χ2n) is 8.28. The molecular weight excluding hydrogens is 370 g/mol.